The maximum absolute atomic E-state index is 12.3. The molecule has 1 aromatic heterocycles. The minimum Gasteiger partial charge on any atom is -0.497 e. The largest absolute Gasteiger partial charge is 0.497 e. The molecule has 0 N–H and O–H groups in total. The smallest absolute Gasteiger partial charge is 0.360 e. The van der Waals surface area contributed by atoms with Gasteiger partial charge in [0.2, 0.25) is 0 Å². The maximum Gasteiger partial charge on any atom is 0.360 e. The number of carbonyl (C=O) groups excluding carboxylic acids is 1. The van der Waals surface area contributed by atoms with Crippen LogP contribution in [0.25, 0.3) is 0 Å². The first-order chi connectivity index (χ1) is 13.6. The fourth-order valence-corrected chi connectivity index (χ4v) is 3.63. The van der Waals surface area contributed by atoms with E-state index in [1.807, 2.05) is 24.3 Å². The van der Waals surface area contributed by atoms with E-state index < -0.39 is 14.3 Å². The second-order valence-electron chi connectivity index (χ2n) is 8.47. The monoisotopic (exact) mass is 419 g/mol. The van der Waals surface area contributed by atoms with E-state index in [0.717, 1.165) is 17.0 Å². The van der Waals surface area contributed by atoms with Crippen LogP contribution in [0.1, 0.15) is 49.4 Å². The van der Waals surface area contributed by atoms with E-state index in [2.05, 4.69) is 44.2 Å². The van der Waals surface area contributed by atoms with E-state index >= 15 is 0 Å². The Balaban J connectivity index is 2.21. The maximum atomic E-state index is 12.3. The van der Waals surface area contributed by atoms with Crippen molar-refractivity contribution in [2.45, 2.75) is 58.8 Å². The topological polar surface area (TPSA) is 75.5 Å². The molecule has 2 rings (SSSR count). The van der Waals surface area contributed by atoms with Crippen LogP contribution < -0.4 is 4.74 Å². The summed E-state index contributed by atoms with van der Waals surface area (Å²) in [5.74, 6) is 0.346. The third-order valence-electron chi connectivity index (χ3n) is 5.41. The molecule has 29 heavy (non-hydrogen) atoms. The van der Waals surface area contributed by atoms with Gasteiger partial charge in [-0.2, -0.15) is 0 Å². The first-order valence-corrected chi connectivity index (χ1v) is 12.9. The third-order valence-corrected chi connectivity index (χ3v) is 9.94. The SMILES string of the molecule is CCOC(=O)c1nnn(Cc2ccc(OC)cc2)c1CCO[Si](C)(C)C(C)(C)C. The first-order valence-electron chi connectivity index (χ1n) is 9.95. The van der Waals surface area contributed by atoms with Crippen molar-refractivity contribution in [2.24, 2.45) is 0 Å². The summed E-state index contributed by atoms with van der Waals surface area (Å²) in [4.78, 5) is 12.3. The lowest BCUT2D eigenvalue weighted by Crippen LogP contribution is -2.41. The van der Waals surface area contributed by atoms with Crippen LogP contribution in [0.2, 0.25) is 18.1 Å². The minimum absolute atomic E-state index is 0.124. The highest BCUT2D eigenvalue weighted by atomic mass is 28.4. The highest BCUT2D eigenvalue weighted by Gasteiger charge is 2.37. The fraction of sp³-hybridized carbons (Fsp3) is 0.571. The summed E-state index contributed by atoms with van der Waals surface area (Å²) in [6.45, 7) is 14.1. The Labute approximate surface area is 174 Å². The zero-order valence-corrected chi connectivity index (χ0v) is 19.6. The lowest BCUT2D eigenvalue weighted by atomic mass is 10.2. The van der Waals surface area contributed by atoms with Gasteiger partial charge < -0.3 is 13.9 Å². The van der Waals surface area contributed by atoms with E-state index in [9.17, 15) is 4.79 Å². The molecule has 0 unspecified atom stereocenters. The van der Waals surface area contributed by atoms with E-state index in [1.165, 1.54) is 0 Å². The predicted octanol–water partition coefficient (Wildman–Crippen LogP) is 4.08. The van der Waals surface area contributed by atoms with Crippen molar-refractivity contribution >= 4 is 14.3 Å². The molecule has 0 aliphatic heterocycles. The van der Waals surface area contributed by atoms with Crippen molar-refractivity contribution in [1.82, 2.24) is 15.0 Å². The molecule has 0 radical (unpaired) electrons. The van der Waals surface area contributed by atoms with Gasteiger partial charge in [-0.25, -0.2) is 9.48 Å². The normalized spacial score (nSPS) is 12.1. The van der Waals surface area contributed by atoms with Crippen LogP contribution in [-0.2, 0) is 22.1 Å². The third kappa shape index (κ3) is 5.90. The van der Waals surface area contributed by atoms with Gasteiger partial charge in [0, 0.05) is 13.0 Å². The van der Waals surface area contributed by atoms with Crippen LogP contribution in [0.5, 0.6) is 5.75 Å². The number of esters is 1. The van der Waals surface area contributed by atoms with E-state index in [0.29, 0.717) is 26.2 Å². The molecule has 0 aliphatic rings. The summed E-state index contributed by atoms with van der Waals surface area (Å²) in [7, 11) is -0.243. The summed E-state index contributed by atoms with van der Waals surface area (Å²) in [5.41, 5.74) is 2.04. The molecule has 0 fully saturated rings. The molecule has 160 valence electrons. The summed E-state index contributed by atoms with van der Waals surface area (Å²) in [5, 5.41) is 8.43. The van der Waals surface area contributed by atoms with Gasteiger partial charge in [0.15, 0.2) is 14.0 Å². The number of nitrogens with zero attached hydrogens (tertiary/aromatic N) is 3. The number of aromatic nitrogens is 3. The standard InChI is InChI=1S/C21H33N3O4Si/c1-8-27-20(25)19-18(13-14-28-29(6,7)21(2,3)4)24(23-22-19)15-16-9-11-17(26-5)12-10-16/h9-12H,8,13-15H2,1-7H3. The molecule has 8 heteroatoms. The molecule has 0 spiro atoms. The molecular formula is C21H33N3O4Si. The average Bonchev–Trinajstić information content (AvgIpc) is 3.04. The van der Waals surface area contributed by atoms with Gasteiger partial charge in [-0.15, -0.1) is 5.10 Å². The van der Waals surface area contributed by atoms with Gasteiger partial charge in [-0.3, -0.25) is 0 Å². The second-order valence-corrected chi connectivity index (χ2v) is 13.3. The van der Waals surface area contributed by atoms with Crippen molar-refractivity contribution in [3.63, 3.8) is 0 Å². The minimum atomic E-state index is -1.88. The van der Waals surface area contributed by atoms with Gasteiger partial charge in [-0.05, 0) is 42.8 Å². The van der Waals surface area contributed by atoms with Crippen LogP contribution in [-0.4, -0.2) is 49.6 Å². The fourth-order valence-electron chi connectivity index (χ4n) is 2.59. The molecule has 2 aromatic rings. The molecule has 1 aromatic carbocycles. The number of hydrogen-bond donors (Lipinski definition) is 0. The Kier molecular flexibility index (Phi) is 7.59. The molecule has 0 aliphatic carbocycles. The Morgan fingerprint density at radius 1 is 1.17 bits per heavy atom. The second kappa shape index (κ2) is 9.54. The summed E-state index contributed by atoms with van der Waals surface area (Å²) >= 11 is 0. The van der Waals surface area contributed by atoms with Crippen LogP contribution in [0.4, 0.5) is 0 Å². The zero-order valence-electron chi connectivity index (χ0n) is 18.6. The van der Waals surface area contributed by atoms with Gasteiger partial charge in [0.1, 0.15) is 5.75 Å². The molecule has 0 amide bonds. The quantitative estimate of drug-likeness (QED) is 0.450. The zero-order chi connectivity index (χ0) is 21.7. The lowest BCUT2D eigenvalue weighted by Gasteiger charge is -2.36. The number of ether oxygens (including phenoxy) is 2. The molecule has 0 bridgehead atoms. The van der Waals surface area contributed by atoms with Gasteiger partial charge in [0.05, 0.1) is 26.0 Å². The number of hydrogen-bond acceptors (Lipinski definition) is 6. The summed E-state index contributed by atoms with van der Waals surface area (Å²) in [6.07, 6.45) is 0.545. The Hall–Kier alpha value is -2.19. The number of methoxy groups -OCH3 is 1. The predicted molar refractivity (Wildman–Crippen MR) is 115 cm³/mol. The van der Waals surface area contributed by atoms with E-state index in [1.54, 1.807) is 18.7 Å². The van der Waals surface area contributed by atoms with Crippen LogP contribution in [0.15, 0.2) is 24.3 Å². The molecule has 1 heterocycles. The molecule has 0 saturated heterocycles. The summed E-state index contributed by atoms with van der Waals surface area (Å²) < 4.78 is 18.4. The van der Waals surface area contributed by atoms with Crippen LogP contribution in [0, 0.1) is 0 Å². The van der Waals surface area contributed by atoms with Crippen molar-refractivity contribution in [1.29, 1.82) is 0 Å². The molecule has 0 saturated carbocycles. The Morgan fingerprint density at radius 3 is 2.38 bits per heavy atom. The van der Waals surface area contributed by atoms with Crippen molar-refractivity contribution < 1.29 is 18.7 Å². The molecule has 7 nitrogen and oxygen atoms in total. The highest BCUT2D eigenvalue weighted by molar-refractivity contribution is 6.74. The Morgan fingerprint density at radius 2 is 1.83 bits per heavy atom. The van der Waals surface area contributed by atoms with E-state index in [-0.39, 0.29) is 10.7 Å². The molecule has 0 atom stereocenters. The Bertz CT molecular complexity index is 810. The van der Waals surface area contributed by atoms with Gasteiger partial charge in [-0.1, -0.05) is 38.1 Å². The van der Waals surface area contributed by atoms with E-state index in [4.69, 9.17) is 13.9 Å². The lowest BCUT2D eigenvalue weighted by molar-refractivity contribution is 0.0517. The van der Waals surface area contributed by atoms with Gasteiger partial charge in [0.25, 0.3) is 0 Å². The molecular weight excluding hydrogens is 386 g/mol. The number of benzene rings is 1. The average molecular weight is 420 g/mol. The van der Waals surface area contributed by atoms with Crippen molar-refractivity contribution in [3.05, 3.63) is 41.2 Å². The van der Waals surface area contributed by atoms with Crippen molar-refractivity contribution in [2.75, 3.05) is 20.3 Å². The number of carbonyl (C=O) groups is 1. The highest BCUT2D eigenvalue weighted by Crippen LogP contribution is 2.36. The number of rotatable bonds is 9. The van der Waals surface area contributed by atoms with Crippen LogP contribution in [0.3, 0.4) is 0 Å². The van der Waals surface area contributed by atoms with Crippen molar-refractivity contribution in [3.8, 4) is 5.75 Å². The van der Waals surface area contributed by atoms with Crippen LogP contribution >= 0.6 is 0 Å². The summed E-state index contributed by atoms with van der Waals surface area (Å²) in [6, 6.07) is 7.75. The van der Waals surface area contributed by atoms with Gasteiger partial charge >= 0.3 is 5.97 Å². The first kappa shape index (κ1) is 23.1.